The van der Waals surface area contributed by atoms with Crippen LogP contribution in [-0.4, -0.2) is 12.1 Å². The number of nitriles is 1. The van der Waals surface area contributed by atoms with Gasteiger partial charge in [-0.3, -0.25) is 0 Å². The summed E-state index contributed by atoms with van der Waals surface area (Å²) in [5, 5.41) is 8.30. The van der Waals surface area contributed by atoms with Crippen molar-refractivity contribution in [3.8, 4) is 6.07 Å². The molecule has 0 aromatic heterocycles. The van der Waals surface area contributed by atoms with Gasteiger partial charge in [-0.2, -0.15) is 9.65 Å². The van der Waals surface area contributed by atoms with E-state index in [1.165, 1.54) is 30.3 Å². The number of esters is 1. The van der Waals surface area contributed by atoms with Crippen LogP contribution in [0.2, 0.25) is 0 Å². The second-order valence-corrected chi connectivity index (χ2v) is 5.46. The Labute approximate surface area is 133 Å². The fraction of sp³-hybridized carbons (Fsp3) is 0.333. The molecule has 0 amide bonds. The van der Waals surface area contributed by atoms with E-state index in [4.69, 9.17) is 10.00 Å². The van der Waals surface area contributed by atoms with E-state index in [0.717, 1.165) is 31.8 Å². The number of hydrogen-bond donors (Lipinski definition) is 0. The quantitative estimate of drug-likeness (QED) is 0.467. The first kappa shape index (κ1) is 16.9. The lowest BCUT2D eigenvalue weighted by Crippen LogP contribution is -2.24. The first-order valence-electron chi connectivity index (χ1n) is 7.49. The highest BCUT2D eigenvalue weighted by Crippen LogP contribution is 2.27. The molecular weight excluding hydrogens is 300 g/mol. The van der Waals surface area contributed by atoms with Gasteiger partial charge >= 0.3 is 5.97 Å². The van der Waals surface area contributed by atoms with Gasteiger partial charge in [0.05, 0.1) is 5.56 Å². The zero-order valence-corrected chi connectivity index (χ0v) is 12.5. The zero-order chi connectivity index (χ0) is 16.7. The van der Waals surface area contributed by atoms with E-state index in [2.05, 4.69) is 0 Å². The van der Waals surface area contributed by atoms with Crippen molar-refractivity contribution in [2.45, 2.75) is 31.8 Å². The fourth-order valence-electron chi connectivity index (χ4n) is 2.54. The summed E-state index contributed by atoms with van der Waals surface area (Å²) in [4.78, 5) is 11.9. The smallest absolute Gasteiger partial charge is 0.338 e. The Morgan fingerprint density at radius 2 is 1.87 bits per heavy atom. The van der Waals surface area contributed by atoms with E-state index >= 15 is 0 Å². The molecule has 1 saturated carbocycles. The van der Waals surface area contributed by atoms with Crippen molar-refractivity contribution in [3.63, 3.8) is 0 Å². The van der Waals surface area contributed by atoms with Gasteiger partial charge in [-0.15, -0.1) is 0 Å². The second-order valence-electron chi connectivity index (χ2n) is 5.46. The minimum absolute atomic E-state index is 0.149. The molecule has 0 N–H and O–H groups in total. The van der Waals surface area contributed by atoms with Gasteiger partial charge in [-0.1, -0.05) is 12.2 Å². The molecule has 0 radical (unpaired) electrons. The molecule has 0 heterocycles. The van der Waals surface area contributed by atoms with Gasteiger partial charge in [0.15, 0.2) is 5.83 Å². The molecule has 2 rings (SSSR count). The van der Waals surface area contributed by atoms with Crippen LogP contribution in [0.15, 0.2) is 48.3 Å². The van der Waals surface area contributed by atoms with E-state index in [9.17, 15) is 13.6 Å². The maximum absolute atomic E-state index is 12.8. The molecule has 1 aliphatic rings. The van der Waals surface area contributed by atoms with E-state index in [0.29, 0.717) is 11.5 Å². The monoisotopic (exact) mass is 317 g/mol. The van der Waals surface area contributed by atoms with Crippen molar-refractivity contribution in [1.82, 2.24) is 0 Å². The van der Waals surface area contributed by atoms with Gasteiger partial charge in [-0.25, -0.2) is 9.18 Å². The Kier molecular flexibility index (Phi) is 6.04. The van der Waals surface area contributed by atoms with Crippen LogP contribution in [0.25, 0.3) is 0 Å². The number of carbonyl (C=O) groups excluding carboxylic acids is 1. The molecule has 23 heavy (non-hydrogen) atoms. The first-order valence-corrected chi connectivity index (χ1v) is 7.49. The molecule has 3 nitrogen and oxygen atoms in total. The first-order chi connectivity index (χ1) is 11.1. The minimum Gasteiger partial charge on any atom is -0.459 e. The summed E-state index contributed by atoms with van der Waals surface area (Å²) in [6.45, 7) is 0. The zero-order valence-electron chi connectivity index (χ0n) is 12.5. The molecule has 0 bridgehead atoms. The predicted octanol–water partition coefficient (Wildman–Crippen LogP) is 4.47. The third-order valence-electron chi connectivity index (χ3n) is 3.81. The maximum atomic E-state index is 12.8. The molecule has 0 saturated heterocycles. The highest BCUT2D eigenvalue weighted by molar-refractivity contribution is 5.89. The van der Waals surface area contributed by atoms with E-state index < -0.39 is 17.6 Å². The number of nitrogens with zero attached hydrogens (tertiary/aromatic N) is 1. The van der Waals surface area contributed by atoms with Gasteiger partial charge in [0, 0.05) is 0 Å². The van der Waals surface area contributed by atoms with Crippen LogP contribution < -0.4 is 0 Å². The lowest BCUT2D eigenvalue weighted by Gasteiger charge is -2.26. The number of halogens is 2. The highest BCUT2D eigenvalue weighted by Gasteiger charge is 2.23. The molecule has 120 valence electrons. The molecular formula is C18H17F2NO2. The Morgan fingerprint density at radius 3 is 2.48 bits per heavy atom. The summed E-state index contributed by atoms with van der Waals surface area (Å²) >= 11 is 0. The third-order valence-corrected chi connectivity index (χ3v) is 3.81. The average molecular weight is 317 g/mol. The summed E-state index contributed by atoms with van der Waals surface area (Å²) < 4.78 is 30.9. The van der Waals surface area contributed by atoms with Gasteiger partial charge in [0.25, 0.3) is 0 Å². The summed E-state index contributed by atoms with van der Waals surface area (Å²) in [5.74, 6) is -1.36. The number of ether oxygens (including phenoxy) is 1. The Bertz CT molecular complexity index is 636. The normalized spacial score (nSPS) is 21.9. The van der Waals surface area contributed by atoms with Crippen LogP contribution in [0, 0.1) is 23.1 Å². The van der Waals surface area contributed by atoms with Crippen LogP contribution in [0.1, 0.15) is 36.0 Å². The molecule has 0 unspecified atom stereocenters. The topological polar surface area (TPSA) is 50.1 Å². The summed E-state index contributed by atoms with van der Waals surface area (Å²) in [6, 6.07) is 6.68. The predicted molar refractivity (Wildman–Crippen MR) is 81.5 cm³/mol. The van der Waals surface area contributed by atoms with E-state index in [-0.39, 0.29) is 6.10 Å². The van der Waals surface area contributed by atoms with Gasteiger partial charge in [0.1, 0.15) is 18.0 Å². The Balaban J connectivity index is 1.79. The lowest BCUT2D eigenvalue weighted by atomic mass is 9.87. The summed E-state index contributed by atoms with van der Waals surface area (Å²) in [7, 11) is 0. The summed E-state index contributed by atoms with van der Waals surface area (Å²) in [5.41, 5.74) is 0.338. The van der Waals surface area contributed by atoms with Crippen molar-refractivity contribution in [2.75, 3.05) is 0 Å². The van der Waals surface area contributed by atoms with Crippen LogP contribution in [-0.2, 0) is 4.74 Å². The van der Waals surface area contributed by atoms with Crippen molar-refractivity contribution in [3.05, 3.63) is 59.7 Å². The number of rotatable bonds is 4. The standard InChI is InChI=1S/C18H17F2NO2/c19-15-8-6-14(7-9-15)18(22)23-17-10-4-13(5-11-17)2-1-3-16(20)12-21/h1-3,6-9,13,17H,4-5,10-11H2/b2-1+,16-3-. The van der Waals surface area contributed by atoms with Crippen LogP contribution in [0.3, 0.4) is 0 Å². The van der Waals surface area contributed by atoms with E-state index in [1.807, 2.05) is 6.08 Å². The molecule has 0 atom stereocenters. The molecule has 1 aromatic carbocycles. The summed E-state index contributed by atoms with van der Waals surface area (Å²) in [6.07, 6.45) is 7.53. The van der Waals surface area contributed by atoms with Crippen molar-refractivity contribution >= 4 is 5.97 Å². The minimum atomic E-state index is -0.817. The van der Waals surface area contributed by atoms with Crippen LogP contribution in [0.4, 0.5) is 8.78 Å². The molecule has 0 spiro atoms. The highest BCUT2D eigenvalue weighted by atomic mass is 19.1. The lowest BCUT2D eigenvalue weighted by molar-refractivity contribution is 0.0185. The molecule has 1 aliphatic carbocycles. The van der Waals surface area contributed by atoms with Gasteiger partial charge in [0.2, 0.25) is 0 Å². The largest absolute Gasteiger partial charge is 0.459 e. The van der Waals surface area contributed by atoms with Gasteiger partial charge < -0.3 is 4.74 Å². The SMILES string of the molecule is N#C/C(F)=C/C=C/C1CCC(OC(=O)c2ccc(F)cc2)CC1. The van der Waals surface area contributed by atoms with Crippen molar-refractivity contribution in [1.29, 1.82) is 5.26 Å². The number of carbonyl (C=O) groups is 1. The fourth-order valence-corrected chi connectivity index (χ4v) is 2.54. The molecule has 0 aliphatic heterocycles. The number of allylic oxidation sites excluding steroid dienone is 4. The van der Waals surface area contributed by atoms with Crippen molar-refractivity contribution < 1.29 is 18.3 Å². The maximum Gasteiger partial charge on any atom is 0.338 e. The molecule has 5 heteroatoms. The van der Waals surface area contributed by atoms with Crippen molar-refractivity contribution in [2.24, 2.45) is 5.92 Å². The Morgan fingerprint density at radius 1 is 1.22 bits per heavy atom. The molecule has 1 aromatic rings. The Hall–Kier alpha value is -2.48. The van der Waals surface area contributed by atoms with Crippen LogP contribution in [0.5, 0.6) is 0 Å². The van der Waals surface area contributed by atoms with Crippen LogP contribution >= 0.6 is 0 Å². The van der Waals surface area contributed by atoms with Gasteiger partial charge in [-0.05, 0) is 61.9 Å². The molecule has 1 fully saturated rings. The second kappa shape index (κ2) is 8.23. The number of benzene rings is 1. The third kappa shape index (κ3) is 5.33. The average Bonchev–Trinajstić information content (AvgIpc) is 2.56. The number of hydrogen-bond acceptors (Lipinski definition) is 3. The van der Waals surface area contributed by atoms with E-state index in [1.54, 1.807) is 6.08 Å².